The van der Waals surface area contributed by atoms with Gasteiger partial charge in [-0.2, -0.15) is 0 Å². The Morgan fingerprint density at radius 2 is 1.97 bits per heavy atom. The molecule has 6 nitrogen and oxygen atoms in total. The third-order valence-corrected chi connectivity index (χ3v) is 6.03. The van der Waals surface area contributed by atoms with Crippen LogP contribution in [0.1, 0.15) is 40.4 Å². The highest BCUT2D eigenvalue weighted by Crippen LogP contribution is 2.36. The quantitative estimate of drug-likeness (QED) is 0.397. The van der Waals surface area contributed by atoms with Gasteiger partial charge in [0.25, 0.3) is 5.56 Å². The smallest absolute Gasteiger partial charge is 0.373 e. The zero-order valence-electron chi connectivity index (χ0n) is 17.4. The molecule has 0 aliphatic carbocycles. The predicted molar refractivity (Wildman–Crippen MR) is 117 cm³/mol. The fourth-order valence-corrected chi connectivity index (χ4v) is 4.66. The zero-order chi connectivity index (χ0) is 22.1. The van der Waals surface area contributed by atoms with Crippen molar-refractivity contribution >= 4 is 27.5 Å². The number of hydrogen-bond acceptors (Lipinski definition) is 6. The van der Waals surface area contributed by atoms with Crippen molar-refractivity contribution in [3.63, 3.8) is 0 Å². The Morgan fingerprint density at radius 1 is 1.23 bits per heavy atom. The SMILES string of the molecule is CCCc1nc2sc(C)c(-c3ccc(F)cc3)c2c(=O)n1Cc1ccc(C(=O)OC)o1. The highest BCUT2D eigenvalue weighted by atomic mass is 32.1. The second-order valence-corrected chi connectivity index (χ2v) is 8.35. The van der Waals surface area contributed by atoms with Crippen molar-refractivity contribution in [2.45, 2.75) is 33.2 Å². The zero-order valence-corrected chi connectivity index (χ0v) is 18.2. The van der Waals surface area contributed by atoms with Crippen LogP contribution in [0.15, 0.2) is 45.6 Å². The summed E-state index contributed by atoms with van der Waals surface area (Å²) in [5.41, 5.74) is 1.35. The molecule has 0 unspecified atom stereocenters. The van der Waals surface area contributed by atoms with Crippen LogP contribution in [0.5, 0.6) is 0 Å². The number of ether oxygens (including phenoxy) is 1. The van der Waals surface area contributed by atoms with Gasteiger partial charge in [0.2, 0.25) is 5.76 Å². The van der Waals surface area contributed by atoms with Gasteiger partial charge in [-0.3, -0.25) is 9.36 Å². The van der Waals surface area contributed by atoms with Gasteiger partial charge in [0.1, 0.15) is 22.2 Å². The monoisotopic (exact) mass is 440 g/mol. The summed E-state index contributed by atoms with van der Waals surface area (Å²) in [5.74, 6) is 0.281. The summed E-state index contributed by atoms with van der Waals surface area (Å²) >= 11 is 1.46. The van der Waals surface area contributed by atoms with Crippen molar-refractivity contribution in [2.24, 2.45) is 0 Å². The maximum Gasteiger partial charge on any atom is 0.373 e. The number of aryl methyl sites for hydroxylation is 2. The summed E-state index contributed by atoms with van der Waals surface area (Å²) in [4.78, 5) is 31.7. The van der Waals surface area contributed by atoms with E-state index in [2.05, 4.69) is 4.74 Å². The normalized spacial score (nSPS) is 11.2. The van der Waals surface area contributed by atoms with Gasteiger partial charge in [0.05, 0.1) is 19.0 Å². The van der Waals surface area contributed by atoms with Crippen molar-refractivity contribution in [3.05, 3.63) is 74.8 Å². The Labute approximate surface area is 181 Å². The summed E-state index contributed by atoms with van der Waals surface area (Å²) in [6.07, 6.45) is 1.44. The summed E-state index contributed by atoms with van der Waals surface area (Å²) in [7, 11) is 1.28. The molecule has 0 spiro atoms. The molecular weight excluding hydrogens is 419 g/mol. The van der Waals surface area contributed by atoms with Gasteiger partial charge < -0.3 is 9.15 Å². The number of carbonyl (C=O) groups excluding carboxylic acids is 1. The van der Waals surface area contributed by atoms with Crippen LogP contribution in [0, 0.1) is 12.7 Å². The number of halogens is 1. The van der Waals surface area contributed by atoms with E-state index in [1.165, 1.54) is 36.6 Å². The fraction of sp³-hybridized carbons (Fsp3) is 0.261. The Balaban J connectivity index is 1.88. The maximum atomic E-state index is 13.6. The standard InChI is InChI=1S/C23H21FN2O4S/c1-4-5-18-25-21-20(19(13(2)31-21)14-6-8-15(24)9-7-14)22(27)26(18)12-16-10-11-17(30-16)23(28)29-3/h6-11H,4-5,12H2,1-3H3. The van der Waals surface area contributed by atoms with Crippen molar-refractivity contribution < 1.29 is 18.3 Å². The minimum atomic E-state index is -0.576. The van der Waals surface area contributed by atoms with Gasteiger partial charge in [-0.1, -0.05) is 19.1 Å². The second-order valence-electron chi connectivity index (χ2n) is 7.15. The molecule has 160 valence electrons. The van der Waals surface area contributed by atoms with Crippen LogP contribution in [0.2, 0.25) is 0 Å². The average Bonchev–Trinajstić information content (AvgIpc) is 3.35. The van der Waals surface area contributed by atoms with Crippen LogP contribution >= 0.6 is 11.3 Å². The molecule has 0 amide bonds. The third kappa shape index (κ3) is 3.90. The van der Waals surface area contributed by atoms with E-state index in [9.17, 15) is 14.0 Å². The van der Waals surface area contributed by atoms with E-state index in [1.54, 1.807) is 22.8 Å². The molecule has 0 N–H and O–H groups in total. The van der Waals surface area contributed by atoms with Gasteiger partial charge in [-0.25, -0.2) is 14.2 Å². The third-order valence-electron chi connectivity index (χ3n) is 5.04. The number of thiophene rings is 1. The van der Waals surface area contributed by atoms with Gasteiger partial charge >= 0.3 is 5.97 Å². The first-order valence-corrected chi connectivity index (χ1v) is 10.7. The van der Waals surface area contributed by atoms with Crippen molar-refractivity contribution in [1.82, 2.24) is 9.55 Å². The molecule has 0 fully saturated rings. The number of nitrogens with zero attached hydrogens (tertiary/aromatic N) is 2. The highest BCUT2D eigenvalue weighted by molar-refractivity contribution is 7.19. The van der Waals surface area contributed by atoms with E-state index in [0.29, 0.717) is 28.2 Å². The first-order valence-electron chi connectivity index (χ1n) is 9.88. The number of hydrogen-bond donors (Lipinski definition) is 0. The number of carbonyl (C=O) groups is 1. The molecule has 0 aliphatic heterocycles. The number of aromatic nitrogens is 2. The van der Waals surface area contributed by atoms with Gasteiger partial charge in [-0.05, 0) is 43.2 Å². The molecule has 3 heterocycles. The molecule has 31 heavy (non-hydrogen) atoms. The molecule has 0 aliphatic rings. The predicted octanol–water partition coefficient (Wildman–Crippen LogP) is 4.95. The Kier molecular flexibility index (Phi) is 5.73. The van der Waals surface area contributed by atoms with E-state index in [4.69, 9.17) is 9.40 Å². The lowest BCUT2D eigenvalue weighted by Gasteiger charge is -2.11. The highest BCUT2D eigenvalue weighted by Gasteiger charge is 2.21. The second kappa shape index (κ2) is 8.47. The minimum Gasteiger partial charge on any atom is -0.463 e. The number of fused-ring (bicyclic) bond motifs is 1. The maximum absolute atomic E-state index is 13.6. The molecule has 4 rings (SSSR count). The molecule has 0 bridgehead atoms. The fourth-order valence-electron chi connectivity index (χ4n) is 3.61. The minimum absolute atomic E-state index is 0.0787. The molecule has 0 saturated heterocycles. The Hall–Kier alpha value is -3.26. The number of esters is 1. The summed E-state index contributed by atoms with van der Waals surface area (Å²) in [6, 6.07) is 9.28. The molecule has 0 saturated carbocycles. The largest absolute Gasteiger partial charge is 0.463 e. The van der Waals surface area contributed by atoms with E-state index >= 15 is 0 Å². The van der Waals surface area contributed by atoms with Gasteiger partial charge in [-0.15, -0.1) is 11.3 Å². The van der Waals surface area contributed by atoms with Crippen molar-refractivity contribution in [2.75, 3.05) is 7.11 Å². The topological polar surface area (TPSA) is 74.3 Å². The molecule has 0 radical (unpaired) electrons. The van der Waals surface area contributed by atoms with Gasteiger partial charge in [0, 0.05) is 16.9 Å². The Morgan fingerprint density at radius 3 is 2.65 bits per heavy atom. The summed E-state index contributed by atoms with van der Waals surface area (Å²) in [6.45, 7) is 4.10. The molecule has 4 aromatic rings. The molecule has 8 heteroatoms. The van der Waals surface area contributed by atoms with Crippen molar-refractivity contribution in [1.29, 1.82) is 0 Å². The average molecular weight is 440 g/mol. The number of furan rings is 1. The molecule has 0 atom stereocenters. The number of methoxy groups -OCH3 is 1. The van der Waals surface area contributed by atoms with E-state index in [0.717, 1.165) is 22.4 Å². The Bertz CT molecular complexity index is 1320. The van der Waals surface area contributed by atoms with Crippen LogP contribution < -0.4 is 5.56 Å². The van der Waals surface area contributed by atoms with Crippen LogP contribution in [-0.4, -0.2) is 22.6 Å². The lowest BCUT2D eigenvalue weighted by Crippen LogP contribution is -2.25. The summed E-state index contributed by atoms with van der Waals surface area (Å²) in [5, 5.41) is 0.508. The van der Waals surface area contributed by atoms with Crippen molar-refractivity contribution in [3.8, 4) is 11.1 Å². The first-order chi connectivity index (χ1) is 14.9. The van der Waals surface area contributed by atoms with Gasteiger partial charge in [0.15, 0.2) is 0 Å². The molecule has 3 aromatic heterocycles. The van der Waals surface area contributed by atoms with Crippen LogP contribution in [0.25, 0.3) is 21.3 Å². The number of rotatable bonds is 6. The van der Waals surface area contributed by atoms with Crippen LogP contribution in [0.4, 0.5) is 4.39 Å². The lowest BCUT2D eigenvalue weighted by atomic mass is 10.0. The summed E-state index contributed by atoms with van der Waals surface area (Å²) < 4.78 is 25.3. The van der Waals surface area contributed by atoms with E-state index in [-0.39, 0.29) is 23.7 Å². The lowest BCUT2D eigenvalue weighted by molar-refractivity contribution is 0.0563. The number of benzene rings is 1. The molecular formula is C23H21FN2O4S. The van der Waals surface area contributed by atoms with E-state index < -0.39 is 5.97 Å². The van der Waals surface area contributed by atoms with Crippen LogP contribution in [-0.2, 0) is 17.7 Å². The van der Waals surface area contributed by atoms with E-state index in [1.807, 2.05) is 13.8 Å². The first kappa shape index (κ1) is 21.0. The van der Waals surface area contributed by atoms with Crippen LogP contribution in [0.3, 0.4) is 0 Å². The molecule has 1 aromatic carbocycles.